The van der Waals surface area contributed by atoms with Gasteiger partial charge in [-0.15, -0.1) is 0 Å². The van der Waals surface area contributed by atoms with Gasteiger partial charge in [0.1, 0.15) is 23.5 Å². The Bertz CT molecular complexity index is 498. The van der Waals surface area contributed by atoms with Crippen LogP contribution in [0.3, 0.4) is 0 Å². The van der Waals surface area contributed by atoms with E-state index in [2.05, 4.69) is 0 Å². The van der Waals surface area contributed by atoms with Crippen molar-refractivity contribution in [1.82, 2.24) is 0 Å². The molecule has 0 radical (unpaired) electrons. The van der Waals surface area contributed by atoms with Gasteiger partial charge in [-0.3, -0.25) is 0 Å². The van der Waals surface area contributed by atoms with E-state index in [4.69, 9.17) is 14.3 Å². The molecule has 0 unspecified atom stereocenters. The number of hydrogen-bond acceptors (Lipinski definition) is 3. The SMILES string of the molecule is COCc1oc2ccccc2c1C(=O)O. The van der Waals surface area contributed by atoms with Crippen molar-refractivity contribution in [2.45, 2.75) is 6.61 Å². The van der Waals surface area contributed by atoms with Gasteiger partial charge in [-0.1, -0.05) is 18.2 Å². The highest BCUT2D eigenvalue weighted by Gasteiger charge is 2.19. The smallest absolute Gasteiger partial charge is 0.340 e. The van der Waals surface area contributed by atoms with E-state index in [1.54, 1.807) is 24.3 Å². The standard InChI is InChI=1S/C11H10O4/c1-14-6-9-10(11(12)13)7-4-2-3-5-8(7)15-9/h2-5H,6H2,1H3,(H,12,13). The lowest BCUT2D eigenvalue weighted by Gasteiger charge is -1.95. The third-order valence-corrected chi connectivity index (χ3v) is 2.16. The minimum absolute atomic E-state index is 0.163. The van der Waals surface area contributed by atoms with Gasteiger partial charge in [0, 0.05) is 12.5 Å². The molecule has 0 fully saturated rings. The fraction of sp³-hybridized carbons (Fsp3) is 0.182. The van der Waals surface area contributed by atoms with Crippen LogP contribution in [0.5, 0.6) is 0 Å². The lowest BCUT2D eigenvalue weighted by molar-refractivity contribution is 0.0690. The molecule has 1 heterocycles. The summed E-state index contributed by atoms with van der Waals surface area (Å²) in [5.74, 6) is -0.641. The lowest BCUT2D eigenvalue weighted by atomic mass is 10.1. The third kappa shape index (κ3) is 1.59. The van der Waals surface area contributed by atoms with Gasteiger partial charge < -0.3 is 14.3 Å². The first-order valence-corrected chi connectivity index (χ1v) is 4.46. The average Bonchev–Trinajstić information content (AvgIpc) is 2.56. The molecule has 0 saturated heterocycles. The molecule has 2 aromatic rings. The summed E-state index contributed by atoms with van der Waals surface area (Å²) in [5.41, 5.74) is 0.759. The van der Waals surface area contributed by atoms with Gasteiger partial charge in [0.15, 0.2) is 0 Å². The molecule has 0 aliphatic heterocycles. The van der Waals surface area contributed by atoms with Gasteiger partial charge in [0.05, 0.1) is 0 Å². The van der Waals surface area contributed by atoms with Crippen LogP contribution in [0.2, 0.25) is 0 Å². The second kappa shape index (κ2) is 3.74. The van der Waals surface area contributed by atoms with Crippen LogP contribution < -0.4 is 0 Å². The highest BCUT2D eigenvalue weighted by Crippen LogP contribution is 2.26. The van der Waals surface area contributed by atoms with Crippen molar-refractivity contribution in [2.24, 2.45) is 0 Å². The van der Waals surface area contributed by atoms with Crippen LogP contribution in [0.25, 0.3) is 11.0 Å². The number of ether oxygens (including phenoxy) is 1. The number of carbonyl (C=O) groups is 1. The lowest BCUT2D eigenvalue weighted by Crippen LogP contribution is -2.00. The molecule has 15 heavy (non-hydrogen) atoms. The number of carboxylic acids is 1. The summed E-state index contributed by atoms with van der Waals surface area (Å²) in [6.45, 7) is 0.163. The molecular weight excluding hydrogens is 196 g/mol. The Morgan fingerprint density at radius 2 is 2.20 bits per heavy atom. The van der Waals surface area contributed by atoms with Gasteiger partial charge in [0.2, 0.25) is 0 Å². The van der Waals surface area contributed by atoms with Crippen molar-refractivity contribution in [2.75, 3.05) is 7.11 Å². The Labute approximate surface area is 86.1 Å². The van der Waals surface area contributed by atoms with Crippen molar-refractivity contribution in [3.05, 3.63) is 35.6 Å². The molecule has 1 aromatic heterocycles. The molecule has 1 N–H and O–H groups in total. The first-order valence-electron chi connectivity index (χ1n) is 4.46. The molecule has 4 heteroatoms. The van der Waals surface area contributed by atoms with E-state index < -0.39 is 5.97 Å². The monoisotopic (exact) mass is 206 g/mol. The highest BCUT2D eigenvalue weighted by molar-refractivity contribution is 6.03. The normalized spacial score (nSPS) is 10.7. The minimum atomic E-state index is -0.994. The molecule has 0 amide bonds. The third-order valence-electron chi connectivity index (χ3n) is 2.16. The number of fused-ring (bicyclic) bond motifs is 1. The van der Waals surface area contributed by atoms with Gasteiger partial charge in [0.25, 0.3) is 0 Å². The van der Waals surface area contributed by atoms with Gasteiger partial charge >= 0.3 is 5.97 Å². The van der Waals surface area contributed by atoms with Crippen molar-refractivity contribution < 1.29 is 19.1 Å². The molecule has 0 bridgehead atoms. The molecule has 0 atom stereocenters. The summed E-state index contributed by atoms with van der Waals surface area (Å²) >= 11 is 0. The van der Waals surface area contributed by atoms with E-state index in [1.165, 1.54) is 7.11 Å². The van der Waals surface area contributed by atoms with Crippen LogP contribution in [0.1, 0.15) is 16.1 Å². The predicted octanol–water partition coefficient (Wildman–Crippen LogP) is 2.28. The molecule has 0 aliphatic carbocycles. The van der Waals surface area contributed by atoms with Gasteiger partial charge in [-0.2, -0.15) is 0 Å². The topological polar surface area (TPSA) is 59.7 Å². The molecule has 78 valence electrons. The van der Waals surface area contributed by atoms with E-state index in [9.17, 15) is 4.79 Å². The molecule has 0 saturated carbocycles. The first-order chi connectivity index (χ1) is 7.24. The Kier molecular flexibility index (Phi) is 2.43. The number of rotatable bonds is 3. The van der Waals surface area contributed by atoms with E-state index in [0.29, 0.717) is 16.7 Å². The summed E-state index contributed by atoms with van der Waals surface area (Å²) in [6, 6.07) is 7.04. The summed E-state index contributed by atoms with van der Waals surface area (Å²) in [5, 5.41) is 9.67. The Balaban J connectivity index is 2.69. The van der Waals surface area contributed by atoms with Crippen molar-refractivity contribution >= 4 is 16.9 Å². The fourth-order valence-corrected chi connectivity index (χ4v) is 1.56. The van der Waals surface area contributed by atoms with Crippen LogP contribution in [-0.4, -0.2) is 18.2 Å². The zero-order chi connectivity index (χ0) is 10.8. The van der Waals surface area contributed by atoms with E-state index >= 15 is 0 Å². The maximum atomic E-state index is 11.1. The van der Waals surface area contributed by atoms with Crippen LogP contribution in [-0.2, 0) is 11.3 Å². The predicted molar refractivity (Wildman–Crippen MR) is 53.9 cm³/mol. The van der Waals surface area contributed by atoms with E-state index in [-0.39, 0.29) is 12.2 Å². The summed E-state index contributed by atoms with van der Waals surface area (Å²) in [6.07, 6.45) is 0. The van der Waals surface area contributed by atoms with E-state index in [1.807, 2.05) is 0 Å². The van der Waals surface area contributed by atoms with Gasteiger partial charge in [-0.05, 0) is 6.07 Å². The number of para-hydroxylation sites is 1. The van der Waals surface area contributed by atoms with E-state index in [0.717, 1.165) is 0 Å². The summed E-state index contributed by atoms with van der Waals surface area (Å²) < 4.78 is 10.3. The van der Waals surface area contributed by atoms with Crippen LogP contribution in [0.15, 0.2) is 28.7 Å². The molecule has 0 aliphatic rings. The Morgan fingerprint density at radius 1 is 1.47 bits per heavy atom. The van der Waals surface area contributed by atoms with Crippen molar-refractivity contribution in [3.63, 3.8) is 0 Å². The fourth-order valence-electron chi connectivity index (χ4n) is 1.56. The molecule has 2 rings (SSSR count). The number of benzene rings is 1. The quantitative estimate of drug-likeness (QED) is 0.836. The summed E-state index contributed by atoms with van der Waals surface area (Å²) in [4.78, 5) is 11.1. The largest absolute Gasteiger partial charge is 0.478 e. The zero-order valence-electron chi connectivity index (χ0n) is 8.19. The van der Waals surface area contributed by atoms with Crippen LogP contribution in [0, 0.1) is 0 Å². The minimum Gasteiger partial charge on any atom is -0.478 e. The second-order valence-electron chi connectivity index (χ2n) is 3.13. The van der Waals surface area contributed by atoms with Gasteiger partial charge in [-0.25, -0.2) is 4.79 Å². The maximum Gasteiger partial charge on any atom is 0.340 e. The molecule has 1 aromatic carbocycles. The molecule has 4 nitrogen and oxygen atoms in total. The second-order valence-corrected chi connectivity index (χ2v) is 3.13. The van der Waals surface area contributed by atoms with Crippen molar-refractivity contribution in [3.8, 4) is 0 Å². The number of carboxylic acid groups (broad SMARTS) is 1. The number of methoxy groups -OCH3 is 1. The number of hydrogen-bond donors (Lipinski definition) is 1. The molecule has 0 spiro atoms. The summed E-state index contributed by atoms with van der Waals surface area (Å²) in [7, 11) is 1.50. The number of furan rings is 1. The molecular formula is C11H10O4. The number of aromatic carboxylic acids is 1. The highest BCUT2D eigenvalue weighted by atomic mass is 16.5. The Morgan fingerprint density at radius 3 is 2.87 bits per heavy atom. The van der Waals surface area contributed by atoms with Crippen molar-refractivity contribution in [1.29, 1.82) is 0 Å². The average molecular weight is 206 g/mol. The maximum absolute atomic E-state index is 11.1. The first kappa shape index (κ1) is 9.73. The van der Waals surface area contributed by atoms with Crippen LogP contribution >= 0.6 is 0 Å². The van der Waals surface area contributed by atoms with Crippen LogP contribution in [0.4, 0.5) is 0 Å². The zero-order valence-corrected chi connectivity index (χ0v) is 8.19. The Hall–Kier alpha value is -1.81.